The maximum atomic E-state index is 12.2. The first-order chi connectivity index (χ1) is 10.6. The molecule has 8 heteroatoms. The first-order valence-electron chi connectivity index (χ1n) is 6.58. The van der Waals surface area contributed by atoms with Gasteiger partial charge in [-0.15, -0.1) is 0 Å². The van der Waals surface area contributed by atoms with Gasteiger partial charge in [-0.05, 0) is 24.3 Å². The van der Waals surface area contributed by atoms with E-state index < -0.39 is 0 Å². The minimum absolute atomic E-state index is 0.0250. The van der Waals surface area contributed by atoms with Crippen LogP contribution in [0.4, 0.5) is 5.69 Å². The van der Waals surface area contributed by atoms with Crippen molar-refractivity contribution in [2.45, 2.75) is 6.10 Å². The molecule has 1 aliphatic rings. The molecule has 22 heavy (non-hydrogen) atoms. The summed E-state index contributed by atoms with van der Waals surface area (Å²) < 4.78 is 5.71. The largest absolute Gasteiger partial charge is 0.470 e. The molecule has 2 aromatic rings. The molecule has 6 nitrogen and oxygen atoms in total. The standard InChI is InChI=1S/C14H12Cl2N4O2/c15-11-2-1-10(14(20-11)22-9-6-17-7-9)19-13(21)8-3-4-18-12(16)5-8/h1-5,9,17H,6-7H2,(H,19,21). The zero-order valence-corrected chi connectivity index (χ0v) is 12.9. The molecule has 0 bridgehead atoms. The van der Waals surface area contributed by atoms with E-state index in [9.17, 15) is 4.79 Å². The number of rotatable bonds is 4. The van der Waals surface area contributed by atoms with E-state index in [0.29, 0.717) is 22.3 Å². The van der Waals surface area contributed by atoms with E-state index in [2.05, 4.69) is 20.6 Å². The van der Waals surface area contributed by atoms with Crippen molar-refractivity contribution in [3.63, 3.8) is 0 Å². The van der Waals surface area contributed by atoms with Gasteiger partial charge < -0.3 is 15.4 Å². The number of carbonyl (C=O) groups excluding carboxylic acids is 1. The predicted octanol–water partition coefficient (Wildman–Crippen LogP) is 2.39. The van der Waals surface area contributed by atoms with Gasteiger partial charge >= 0.3 is 0 Å². The lowest BCUT2D eigenvalue weighted by Crippen LogP contribution is -2.50. The number of amides is 1. The number of carbonyl (C=O) groups is 1. The summed E-state index contributed by atoms with van der Waals surface area (Å²) in [7, 11) is 0. The van der Waals surface area contributed by atoms with Gasteiger partial charge in [-0.25, -0.2) is 4.98 Å². The molecule has 0 spiro atoms. The quantitative estimate of drug-likeness (QED) is 0.837. The molecule has 1 saturated heterocycles. The van der Waals surface area contributed by atoms with E-state index in [1.54, 1.807) is 18.2 Å². The second-order valence-electron chi connectivity index (χ2n) is 4.71. The van der Waals surface area contributed by atoms with Crippen molar-refractivity contribution in [2.75, 3.05) is 18.4 Å². The monoisotopic (exact) mass is 338 g/mol. The number of anilines is 1. The summed E-state index contributed by atoms with van der Waals surface area (Å²) in [6.45, 7) is 1.48. The lowest BCUT2D eigenvalue weighted by Gasteiger charge is -2.28. The predicted molar refractivity (Wildman–Crippen MR) is 83.7 cm³/mol. The fraction of sp³-hybridized carbons (Fsp3) is 0.214. The molecular weight excluding hydrogens is 327 g/mol. The van der Waals surface area contributed by atoms with Crippen molar-refractivity contribution < 1.29 is 9.53 Å². The zero-order chi connectivity index (χ0) is 15.5. The van der Waals surface area contributed by atoms with Gasteiger partial charge in [0.05, 0.1) is 0 Å². The van der Waals surface area contributed by atoms with Crippen LogP contribution in [0.3, 0.4) is 0 Å². The summed E-state index contributed by atoms with van der Waals surface area (Å²) in [5.74, 6) is -0.0301. The summed E-state index contributed by atoms with van der Waals surface area (Å²) in [4.78, 5) is 20.2. The van der Waals surface area contributed by atoms with E-state index in [1.165, 1.54) is 12.3 Å². The molecule has 2 N–H and O–H groups in total. The number of hydrogen-bond donors (Lipinski definition) is 2. The van der Waals surface area contributed by atoms with E-state index in [-0.39, 0.29) is 17.2 Å². The molecule has 0 aliphatic carbocycles. The first-order valence-corrected chi connectivity index (χ1v) is 7.34. The Labute approximate surface area is 136 Å². The van der Waals surface area contributed by atoms with Crippen LogP contribution in [0.15, 0.2) is 30.5 Å². The minimum atomic E-state index is -0.329. The van der Waals surface area contributed by atoms with Crippen LogP contribution >= 0.6 is 23.2 Å². The number of ether oxygens (including phenoxy) is 1. The van der Waals surface area contributed by atoms with E-state index in [1.807, 2.05) is 0 Å². The van der Waals surface area contributed by atoms with Crippen molar-refractivity contribution in [2.24, 2.45) is 0 Å². The molecule has 1 fully saturated rings. The molecule has 0 unspecified atom stereocenters. The van der Waals surface area contributed by atoms with Crippen molar-refractivity contribution in [1.29, 1.82) is 0 Å². The van der Waals surface area contributed by atoms with Crippen molar-refractivity contribution in [1.82, 2.24) is 15.3 Å². The average Bonchev–Trinajstić information content (AvgIpc) is 2.45. The van der Waals surface area contributed by atoms with Gasteiger partial charge in [-0.1, -0.05) is 23.2 Å². The highest BCUT2D eigenvalue weighted by Gasteiger charge is 2.21. The van der Waals surface area contributed by atoms with Crippen LogP contribution in [-0.4, -0.2) is 35.1 Å². The van der Waals surface area contributed by atoms with Crippen LogP contribution < -0.4 is 15.4 Å². The van der Waals surface area contributed by atoms with Crippen LogP contribution in [0.1, 0.15) is 10.4 Å². The average molecular weight is 339 g/mol. The van der Waals surface area contributed by atoms with Gasteiger partial charge in [0.1, 0.15) is 22.1 Å². The third-order valence-corrected chi connectivity index (χ3v) is 3.50. The van der Waals surface area contributed by atoms with Gasteiger partial charge in [-0.2, -0.15) is 4.98 Å². The maximum absolute atomic E-state index is 12.2. The highest BCUT2D eigenvalue weighted by atomic mass is 35.5. The third kappa shape index (κ3) is 3.47. The third-order valence-electron chi connectivity index (χ3n) is 3.09. The minimum Gasteiger partial charge on any atom is -0.470 e. The highest BCUT2D eigenvalue weighted by Crippen LogP contribution is 2.26. The van der Waals surface area contributed by atoms with E-state index >= 15 is 0 Å². The molecule has 114 valence electrons. The molecule has 0 aromatic carbocycles. The van der Waals surface area contributed by atoms with Crippen molar-refractivity contribution in [3.8, 4) is 5.88 Å². The van der Waals surface area contributed by atoms with Gasteiger partial charge in [-0.3, -0.25) is 4.79 Å². The Morgan fingerprint density at radius 3 is 2.77 bits per heavy atom. The normalized spacial score (nSPS) is 14.3. The first kappa shape index (κ1) is 15.0. The van der Waals surface area contributed by atoms with Gasteiger partial charge in [0.2, 0.25) is 5.88 Å². The number of pyridine rings is 2. The summed E-state index contributed by atoms with van der Waals surface area (Å²) in [5.41, 5.74) is 0.848. The fourth-order valence-corrected chi connectivity index (χ4v) is 2.16. The molecular formula is C14H12Cl2N4O2. The fourth-order valence-electron chi connectivity index (χ4n) is 1.84. The smallest absolute Gasteiger partial charge is 0.255 e. The lowest BCUT2D eigenvalue weighted by molar-refractivity contribution is 0.102. The summed E-state index contributed by atoms with van der Waals surface area (Å²) in [6, 6.07) is 6.29. The lowest BCUT2D eigenvalue weighted by atomic mass is 10.2. The van der Waals surface area contributed by atoms with E-state index in [0.717, 1.165) is 13.1 Å². The SMILES string of the molecule is O=C(Nc1ccc(Cl)nc1OC1CNC1)c1ccnc(Cl)c1. The van der Waals surface area contributed by atoms with Gasteiger partial charge in [0.15, 0.2) is 0 Å². The van der Waals surface area contributed by atoms with Crippen LogP contribution in [0.5, 0.6) is 5.88 Å². The Hall–Kier alpha value is -1.89. The summed E-state index contributed by atoms with van der Waals surface area (Å²) >= 11 is 11.7. The van der Waals surface area contributed by atoms with Crippen LogP contribution in [0.2, 0.25) is 10.3 Å². The Balaban J connectivity index is 1.80. The number of nitrogens with one attached hydrogen (secondary N) is 2. The van der Waals surface area contributed by atoms with Crippen LogP contribution in [0.25, 0.3) is 0 Å². The molecule has 0 saturated carbocycles. The van der Waals surface area contributed by atoms with Gasteiger partial charge in [0.25, 0.3) is 5.91 Å². The number of aromatic nitrogens is 2. The molecule has 2 aromatic heterocycles. The summed E-state index contributed by atoms with van der Waals surface area (Å²) in [6.07, 6.45) is 1.49. The molecule has 0 atom stereocenters. The van der Waals surface area contributed by atoms with Crippen molar-refractivity contribution in [3.05, 3.63) is 46.3 Å². The summed E-state index contributed by atoms with van der Waals surface area (Å²) in [5, 5.41) is 6.38. The zero-order valence-electron chi connectivity index (χ0n) is 11.3. The molecule has 0 radical (unpaired) electrons. The Morgan fingerprint density at radius 2 is 2.09 bits per heavy atom. The van der Waals surface area contributed by atoms with Crippen LogP contribution in [0, 0.1) is 0 Å². The maximum Gasteiger partial charge on any atom is 0.255 e. The molecule has 3 heterocycles. The molecule has 1 aliphatic heterocycles. The number of hydrogen-bond acceptors (Lipinski definition) is 5. The Kier molecular flexibility index (Phi) is 4.42. The van der Waals surface area contributed by atoms with E-state index in [4.69, 9.17) is 27.9 Å². The molecule has 1 amide bonds. The Morgan fingerprint density at radius 1 is 1.27 bits per heavy atom. The topological polar surface area (TPSA) is 76.1 Å². The number of nitrogens with zero attached hydrogens (tertiary/aromatic N) is 2. The molecule has 3 rings (SSSR count). The van der Waals surface area contributed by atoms with Gasteiger partial charge in [0, 0.05) is 24.8 Å². The van der Waals surface area contributed by atoms with Crippen LogP contribution in [-0.2, 0) is 0 Å². The van der Waals surface area contributed by atoms with Crippen molar-refractivity contribution >= 4 is 34.8 Å². The Bertz CT molecular complexity index is 707. The second kappa shape index (κ2) is 6.48. The highest BCUT2D eigenvalue weighted by molar-refractivity contribution is 6.30. The second-order valence-corrected chi connectivity index (χ2v) is 5.48. The number of halogens is 2.